The van der Waals surface area contributed by atoms with Crippen molar-refractivity contribution in [2.24, 2.45) is 7.05 Å². The summed E-state index contributed by atoms with van der Waals surface area (Å²) >= 11 is 0. The van der Waals surface area contributed by atoms with Gasteiger partial charge < -0.3 is 5.32 Å². The van der Waals surface area contributed by atoms with Gasteiger partial charge in [-0.3, -0.25) is 9.48 Å². The maximum atomic E-state index is 13.5. The Hall–Kier alpha value is -3.48. The summed E-state index contributed by atoms with van der Waals surface area (Å²) in [7, 11) is 1.92. The molecule has 1 N–H and O–H groups in total. The fourth-order valence-electron chi connectivity index (χ4n) is 4.54. The Kier molecular flexibility index (Phi) is 5.48. The molecule has 1 aliphatic carbocycles. The number of pyridine rings is 1. The summed E-state index contributed by atoms with van der Waals surface area (Å²) in [6, 6.07) is 12.2. The van der Waals surface area contributed by atoms with E-state index >= 15 is 0 Å². The highest BCUT2D eigenvalue weighted by molar-refractivity contribution is 6.06. The topological polar surface area (TPSA) is 77.6 Å². The number of benzene rings is 1. The Morgan fingerprint density at radius 1 is 1.15 bits per heavy atom. The Morgan fingerprint density at radius 3 is 2.58 bits per heavy atom. The highest BCUT2D eigenvalue weighted by atomic mass is 16.1. The second-order valence-corrected chi connectivity index (χ2v) is 9.29. The minimum absolute atomic E-state index is 0.0207. The van der Waals surface area contributed by atoms with Gasteiger partial charge in [0, 0.05) is 30.9 Å². The quantitative estimate of drug-likeness (QED) is 0.468. The van der Waals surface area contributed by atoms with Crippen LogP contribution < -0.4 is 5.32 Å². The fraction of sp³-hybridized carbons (Fsp3) is 0.385. The van der Waals surface area contributed by atoms with Crippen molar-refractivity contribution in [2.45, 2.75) is 58.5 Å². The SMILES string of the molecule is Cc1nn(C)cc1C[C@H](C)NC(=O)c1cc(C2CC2)nc2c1c(C)nn2Cc1ccccc1. The maximum absolute atomic E-state index is 13.5. The van der Waals surface area contributed by atoms with Gasteiger partial charge in [0.2, 0.25) is 0 Å². The molecular weight excluding hydrogens is 412 g/mol. The number of aromatic nitrogens is 5. The molecule has 4 aromatic rings. The molecule has 3 heterocycles. The number of hydrogen-bond acceptors (Lipinski definition) is 4. The zero-order chi connectivity index (χ0) is 23.1. The van der Waals surface area contributed by atoms with Crippen molar-refractivity contribution in [1.29, 1.82) is 0 Å². The summed E-state index contributed by atoms with van der Waals surface area (Å²) in [5.74, 6) is 0.373. The first-order chi connectivity index (χ1) is 15.9. The molecule has 0 saturated heterocycles. The molecule has 0 aliphatic heterocycles. The van der Waals surface area contributed by atoms with Crippen LogP contribution in [0.15, 0.2) is 42.6 Å². The van der Waals surface area contributed by atoms with E-state index in [2.05, 4.69) is 22.5 Å². The number of fused-ring (bicyclic) bond motifs is 1. The van der Waals surface area contributed by atoms with Crippen molar-refractivity contribution in [3.63, 3.8) is 0 Å². The number of aryl methyl sites for hydroxylation is 3. The van der Waals surface area contributed by atoms with E-state index in [1.54, 1.807) is 0 Å². The van der Waals surface area contributed by atoms with Crippen molar-refractivity contribution in [2.75, 3.05) is 0 Å². The van der Waals surface area contributed by atoms with Crippen molar-refractivity contribution in [3.05, 3.63) is 76.4 Å². The first-order valence-corrected chi connectivity index (χ1v) is 11.6. The van der Waals surface area contributed by atoms with E-state index in [9.17, 15) is 4.79 Å². The average molecular weight is 443 g/mol. The van der Waals surface area contributed by atoms with E-state index in [1.165, 1.54) is 0 Å². The zero-order valence-electron chi connectivity index (χ0n) is 19.7. The van der Waals surface area contributed by atoms with E-state index in [4.69, 9.17) is 10.1 Å². The number of amides is 1. The van der Waals surface area contributed by atoms with Gasteiger partial charge in [-0.15, -0.1) is 0 Å². The number of rotatable bonds is 7. The van der Waals surface area contributed by atoms with Crippen molar-refractivity contribution in [3.8, 4) is 0 Å². The van der Waals surface area contributed by atoms with Crippen LogP contribution >= 0.6 is 0 Å². The number of hydrogen-bond donors (Lipinski definition) is 1. The Labute approximate surface area is 193 Å². The smallest absolute Gasteiger partial charge is 0.252 e. The van der Waals surface area contributed by atoms with E-state index in [-0.39, 0.29) is 11.9 Å². The van der Waals surface area contributed by atoms with E-state index in [0.717, 1.165) is 58.5 Å². The lowest BCUT2D eigenvalue weighted by Gasteiger charge is -2.15. The molecule has 0 radical (unpaired) electrons. The molecule has 5 rings (SSSR count). The van der Waals surface area contributed by atoms with Gasteiger partial charge in [-0.25, -0.2) is 9.67 Å². The molecule has 1 atom stereocenters. The number of nitrogens with one attached hydrogen (secondary N) is 1. The molecule has 1 saturated carbocycles. The molecule has 1 aliphatic rings. The second kappa shape index (κ2) is 8.46. The van der Waals surface area contributed by atoms with Crippen LogP contribution in [-0.4, -0.2) is 36.5 Å². The third-order valence-electron chi connectivity index (χ3n) is 6.33. The molecule has 0 spiro atoms. The average Bonchev–Trinajstić information content (AvgIpc) is 3.52. The van der Waals surface area contributed by atoms with Gasteiger partial charge in [0.15, 0.2) is 5.65 Å². The van der Waals surface area contributed by atoms with Crippen molar-refractivity contribution >= 4 is 16.9 Å². The molecule has 1 fully saturated rings. The maximum Gasteiger partial charge on any atom is 0.252 e. The van der Waals surface area contributed by atoms with Crippen LogP contribution in [0.2, 0.25) is 0 Å². The fourth-order valence-corrected chi connectivity index (χ4v) is 4.54. The largest absolute Gasteiger partial charge is 0.349 e. The number of nitrogens with zero attached hydrogens (tertiary/aromatic N) is 5. The molecule has 170 valence electrons. The van der Waals surface area contributed by atoms with Crippen LogP contribution in [0.5, 0.6) is 0 Å². The zero-order valence-corrected chi connectivity index (χ0v) is 19.7. The Morgan fingerprint density at radius 2 is 1.91 bits per heavy atom. The third kappa shape index (κ3) is 4.40. The van der Waals surface area contributed by atoms with E-state index < -0.39 is 0 Å². The molecule has 7 nitrogen and oxygen atoms in total. The van der Waals surface area contributed by atoms with E-state index in [0.29, 0.717) is 18.0 Å². The Bertz CT molecular complexity index is 1320. The van der Waals surface area contributed by atoms with Crippen LogP contribution in [-0.2, 0) is 20.0 Å². The minimum Gasteiger partial charge on any atom is -0.349 e. The van der Waals surface area contributed by atoms with Gasteiger partial charge in [0.1, 0.15) is 0 Å². The molecule has 3 aromatic heterocycles. The highest BCUT2D eigenvalue weighted by Crippen LogP contribution is 2.40. The summed E-state index contributed by atoms with van der Waals surface area (Å²) in [6.07, 6.45) is 5.01. The monoisotopic (exact) mass is 442 g/mol. The summed E-state index contributed by atoms with van der Waals surface area (Å²) in [4.78, 5) is 18.4. The number of carbonyl (C=O) groups is 1. The lowest BCUT2D eigenvalue weighted by molar-refractivity contribution is 0.0941. The summed E-state index contributed by atoms with van der Waals surface area (Å²) in [5.41, 5.74) is 6.60. The summed E-state index contributed by atoms with van der Waals surface area (Å²) in [5, 5.41) is 13.2. The molecule has 0 bridgehead atoms. The summed E-state index contributed by atoms with van der Waals surface area (Å²) < 4.78 is 3.75. The van der Waals surface area contributed by atoms with Crippen LogP contribution in [0.1, 0.15) is 64.2 Å². The molecular formula is C26H30N6O. The molecule has 1 amide bonds. The van der Waals surface area contributed by atoms with Crippen LogP contribution in [0.25, 0.3) is 11.0 Å². The normalized spacial score (nSPS) is 14.5. The van der Waals surface area contributed by atoms with Crippen LogP contribution in [0.3, 0.4) is 0 Å². The first kappa shape index (κ1) is 21.4. The van der Waals surface area contributed by atoms with Crippen molar-refractivity contribution < 1.29 is 4.79 Å². The summed E-state index contributed by atoms with van der Waals surface area (Å²) in [6.45, 7) is 6.63. The molecule has 7 heteroatoms. The predicted molar refractivity (Wildman–Crippen MR) is 128 cm³/mol. The van der Waals surface area contributed by atoms with Gasteiger partial charge in [-0.1, -0.05) is 30.3 Å². The molecule has 0 unspecified atom stereocenters. The van der Waals surface area contributed by atoms with E-state index in [1.807, 2.05) is 67.6 Å². The Balaban J connectivity index is 1.47. The third-order valence-corrected chi connectivity index (χ3v) is 6.33. The van der Waals surface area contributed by atoms with Gasteiger partial charge in [-0.05, 0) is 57.2 Å². The lowest BCUT2D eigenvalue weighted by atomic mass is 10.0. The number of carbonyl (C=O) groups excluding carboxylic acids is 1. The van der Waals surface area contributed by atoms with Crippen LogP contribution in [0, 0.1) is 13.8 Å². The van der Waals surface area contributed by atoms with Crippen LogP contribution in [0.4, 0.5) is 0 Å². The van der Waals surface area contributed by atoms with Crippen molar-refractivity contribution in [1.82, 2.24) is 29.9 Å². The lowest BCUT2D eigenvalue weighted by Crippen LogP contribution is -2.34. The van der Waals surface area contributed by atoms with Gasteiger partial charge in [-0.2, -0.15) is 10.2 Å². The minimum atomic E-state index is -0.0688. The predicted octanol–water partition coefficient (Wildman–Crippen LogP) is 4.07. The first-order valence-electron chi connectivity index (χ1n) is 11.6. The second-order valence-electron chi connectivity index (χ2n) is 9.29. The standard InChI is InChI=1S/C26H30N6O/c1-16(12-21-15-31(4)29-17(21)2)27-26(33)22-13-23(20-10-11-20)28-25-24(22)18(3)30-32(25)14-19-8-6-5-7-9-19/h5-9,13,15-16,20H,10-12,14H2,1-4H3,(H,27,33)/t16-/m0/s1. The van der Waals surface area contributed by atoms with Gasteiger partial charge in [0.05, 0.1) is 28.9 Å². The van der Waals surface area contributed by atoms with Gasteiger partial charge in [0.25, 0.3) is 5.91 Å². The highest BCUT2D eigenvalue weighted by Gasteiger charge is 2.29. The molecule has 1 aromatic carbocycles. The van der Waals surface area contributed by atoms with Gasteiger partial charge >= 0.3 is 0 Å². The molecule has 33 heavy (non-hydrogen) atoms.